The molecule has 0 aliphatic carbocycles. The molecule has 0 atom stereocenters. The third-order valence-electron chi connectivity index (χ3n) is 2.84. The lowest BCUT2D eigenvalue weighted by Crippen LogP contribution is -1.93. The molecule has 0 radical (unpaired) electrons. The van der Waals surface area contributed by atoms with Crippen LogP contribution in [0.25, 0.3) is 0 Å². The van der Waals surface area contributed by atoms with Crippen LogP contribution in [0, 0.1) is 0 Å². The molecule has 0 spiro atoms. The molecule has 2 aromatic rings. The highest BCUT2D eigenvalue weighted by molar-refractivity contribution is 5.94. The second-order valence-corrected chi connectivity index (χ2v) is 4.14. The summed E-state index contributed by atoms with van der Waals surface area (Å²) in [6.07, 6.45) is 0.932. The number of hydrogen-bond donors (Lipinski definition) is 0. The Labute approximate surface area is 107 Å². The van der Waals surface area contributed by atoms with Crippen molar-refractivity contribution >= 4 is 5.78 Å². The van der Waals surface area contributed by atoms with Crippen molar-refractivity contribution in [3.8, 4) is 11.5 Å². The summed E-state index contributed by atoms with van der Waals surface area (Å²) in [7, 11) is 0. The number of para-hydroxylation sites is 1. The number of carbonyl (C=O) groups excluding carboxylic acids is 1. The Morgan fingerprint density at radius 3 is 2.33 bits per heavy atom. The van der Waals surface area contributed by atoms with Gasteiger partial charge in [-0.2, -0.15) is 0 Å². The van der Waals surface area contributed by atoms with E-state index in [0.29, 0.717) is 5.56 Å². The highest BCUT2D eigenvalue weighted by atomic mass is 16.5. The molecule has 0 aromatic heterocycles. The first-order chi connectivity index (χ1) is 8.70. The Morgan fingerprint density at radius 2 is 1.72 bits per heavy atom. The summed E-state index contributed by atoms with van der Waals surface area (Å²) < 4.78 is 5.82. The molecule has 0 N–H and O–H groups in total. The normalized spacial score (nSPS) is 10.1. The van der Waals surface area contributed by atoms with Gasteiger partial charge in [0.1, 0.15) is 11.5 Å². The van der Waals surface area contributed by atoms with Crippen LogP contribution in [0.3, 0.4) is 0 Å². The van der Waals surface area contributed by atoms with Gasteiger partial charge in [0.15, 0.2) is 5.78 Å². The molecule has 2 rings (SSSR count). The molecule has 2 aromatic carbocycles. The van der Waals surface area contributed by atoms with Gasteiger partial charge >= 0.3 is 0 Å². The maximum absolute atomic E-state index is 11.2. The van der Waals surface area contributed by atoms with Crippen molar-refractivity contribution < 1.29 is 9.53 Å². The van der Waals surface area contributed by atoms with Gasteiger partial charge in [-0.3, -0.25) is 4.79 Å². The largest absolute Gasteiger partial charge is 0.457 e. The van der Waals surface area contributed by atoms with Crippen molar-refractivity contribution in [3.63, 3.8) is 0 Å². The zero-order valence-corrected chi connectivity index (χ0v) is 10.6. The molecule has 2 nitrogen and oxygen atoms in total. The third-order valence-corrected chi connectivity index (χ3v) is 2.84. The lowest BCUT2D eigenvalue weighted by molar-refractivity contribution is 0.101. The number of ketones is 1. The highest BCUT2D eigenvalue weighted by Crippen LogP contribution is 2.25. The lowest BCUT2D eigenvalue weighted by atomic mass is 10.1. The molecule has 0 saturated heterocycles. The van der Waals surface area contributed by atoms with Gasteiger partial charge in [-0.15, -0.1) is 0 Å². The lowest BCUT2D eigenvalue weighted by Gasteiger charge is -2.09. The fourth-order valence-corrected chi connectivity index (χ4v) is 1.78. The van der Waals surface area contributed by atoms with Gasteiger partial charge in [0.2, 0.25) is 0 Å². The maximum atomic E-state index is 11.2. The molecule has 2 heteroatoms. The van der Waals surface area contributed by atoms with E-state index >= 15 is 0 Å². The van der Waals surface area contributed by atoms with Crippen LogP contribution in [0.5, 0.6) is 11.5 Å². The van der Waals surface area contributed by atoms with Gasteiger partial charge in [0.25, 0.3) is 0 Å². The SMILES string of the molecule is CCc1ccccc1Oc1ccc(C(C)=O)cc1. The molecule has 0 amide bonds. The van der Waals surface area contributed by atoms with Crippen LogP contribution in [0.15, 0.2) is 48.5 Å². The van der Waals surface area contributed by atoms with Gasteiger partial charge in [-0.05, 0) is 49.2 Å². The molecule has 0 heterocycles. The maximum Gasteiger partial charge on any atom is 0.159 e. The Kier molecular flexibility index (Phi) is 3.78. The fourth-order valence-electron chi connectivity index (χ4n) is 1.78. The number of hydrogen-bond acceptors (Lipinski definition) is 2. The van der Waals surface area contributed by atoms with Crippen LogP contribution >= 0.6 is 0 Å². The van der Waals surface area contributed by atoms with Gasteiger partial charge < -0.3 is 4.74 Å². The van der Waals surface area contributed by atoms with E-state index in [1.54, 1.807) is 19.1 Å². The number of aryl methyl sites for hydroxylation is 1. The van der Waals surface area contributed by atoms with Crippen molar-refractivity contribution in [1.82, 2.24) is 0 Å². The van der Waals surface area contributed by atoms with E-state index in [1.165, 1.54) is 5.56 Å². The average molecular weight is 240 g/mol. The summed E-state index contributed by atoms with van der Waals surface area (Å²) in [6, 6.07) is 15.2. The van der Waals surface area contributed by atoms with E-state index in [-0.39, 0.29) is 5.78 Å². The topological polar surface area (TPSA) is 26.3 Å². The summed E-state index contributed by atoms with van der Waals surface area (Å²) in [5.74, 6) is 1.69. The molecule has 0 unspecified atom stereocenters. The van der Waals surface area contributed by atoms with Gasteiger partial charge in [-0.1, -0.05) is 25.1 Å². The van der Waals surface area contributed by atoms with Crippen LogP contribution in [-0.4, -0.2) is 5.78 Å². The highest BCUT2D eigenvalue weighted by Gasteiger charge is 2.03. The van der Waals surface area contributed by atoms with Crippen molar-refractivity contribution in [2.45, 2.75) is 20.3 Å². The number of carbonyl (C=O) groups is 1. The number of Topliss-reactive ketones (excluding diaryl/α,β-unsaturated/α-hetero) is 1. The second-order valence-electron chi connectivity index (χ2n) is 4.14. The molecule has 0 aliphatic rings. The van der Waals surface area contributed by atoms with Crippen molar-refractivity contribution in [3.05, 3.63) is 59.7 Å². The zero-order chi connectivity index (χ0) is 13.0. The van der Waals surface area contributed by atoms with Gasteiger partial charge in [-0.25, -0.2) is 0 Å². The van der Waals surface area contributed by atoms with E-state index in [9.17, 15) is 4.79 Å². The predicted octanol–water partition coefficient (Wildman–Crippen LogP) is 4.24. The predicted molar refractivity (Wildman–Crippen MR) is 72.3 cm³/mol. The number of benzene rings is 2. The molecular formula is C16H16O2. The first-order valence-corrected chi connectivity index (χ1v) is 6.07. The van der Waals surface area contributed by atoms with Crippen LogP contribution < -0.4 is 4.74 Å². The summed E-state index contributed by atoms with van der Waals surface area (Å²) >= 11 is 0. The van der Waals surface area contributed by atoms with E-state index < -0.39 is 0 Å². The van der Waals surface area contributed by atoms with E-state index in [4.69, 9.17) is 4.74 Å². The monoisotopic (exact) mass is 240 g/mol. The van der Waals surface area contributed by atoms with Gasteiger partial charge in [0.05, 0.1) is 0 Å². The van der Waals surface area contributed by atoms with Crippen LogP contribution in [0.4, 0.5) is 0 Å². The molecular weight excluding hydrogens is 224 g/mol. The minimum absolute atomic E-state index is 0.0653. The first-order valence-electron chi connectivity index (χ1n) is 6.07. The summed E-state index contributed by atoms with van der Waals surface area (Å²) in [5, 5.41) is 0. The Morgan fingerprint density at radius 1 is 1.06 bits per heavy atom. The fraction of sp³-hybridized carbons (Fsp3) is 0.188. The van der Waals surface area contributed by atoms with Crippen LogP contribution in [-0.2, 0) is 6.42 Å². The minimum atomic E-state index is 0.0653. The number of rotatable bonds is 4. The van der Waals surface area contributed by atoms with Crippen molar-refractivity contribution in [2.24, 2.45) is 0 Å². The smallest absolute Gasteiger partial charge is 0.159 e. The van der Waals surface area contributed by atoms with Crippen molar-refractivity contribution in [1.29, 1.82) is 0 Å². The molecule has 18 heavy (non-hydrogen) atoms. The van der Waals surface area contributed by atoms with E-state index in [1.807, 2.05) is 30.3 Å². The Balaban J connectivity index is 2.21. The Bertz CT molecular complexity index is 541. The van der Waals surface area contributed by atoms with Gasteiger partial charge in [0, 0.05) is 5.56 Å². The van der Waals surface area contributed by atoms with Crippen LogP contribution in [0.1, 0.15) is 29.8 Å². The molecule has 0 aliphatic heterocycles. The molecule has 0 saturated carbocycles. The average Bonchev–Trinajstić information content (AvgIpc) is 2.40. The third kappa shape index (κ3) is 2.77. The first kappa shape index (κ1) is 12.4. The molecule has 92 valence electrons. The molecule has 0 bridgehead atoms. The number of ether oxygens (including phenoxy) is 1. The second kappa shape index (κ2) is 5.50. The standard InChI is InChI=1S/C16H16O2/c1-3-13-6-4-5-7-16(13)18-15-10-8-14(9-11-15)12(2)17/h4-11H,3H2,1-2H3. The van der Waals surface area contributed by atoms with Crippen LogP contribution in [0.2, 0.25) is 0 Å². The summed E-state index contributed by atoms with van der Waals surface area (Å²) in [6.45, 7) is 3.66. The summed E-state index contributed by atoms with van der Waals surface area (Å²) in [5.41, 5.74) is 1.87. The van der Waals surface area contributed by atoms with E-state index in [0.717, 1.165) is 17.9 Å². The minimum Gasteiger partial charge on any atom is -0.457 e. The van der Waals surface area contributed by atoms with E-state index in [2.05, 4.69) is 13.0 Å². The quantitative estimate of drug-likeness (QED) is 0.747. The van der Waals surface area contributed by atoms with Crippen molar-refractivity contribution in [2.75, 3.05) is 0 Å². The summed E-state index contributed by atoms with van der Waals surface area (Å²) in [4.78, 5) is 11.2. The zero-order valence-electron chi connectivity index (χ0n) is 10.6. The molecule has 0 fully saturated rings. The Hall–Kier alpha value is -2.09.